The van der Waals surface area contributed by atoms with Crippen LogP contribution in [0.2, 0.25) is 0 Å². The quantitative estimate of drug-likeness (QED) is 0.146. The third-order valence-electron chi connectivity index (χ3n) is 9.99. The van der Waals surface area contributed by atoms with Crippen molar-refractivity contribution in [3.8, 4) is 0 Å². The molecule has 1 aromatic carbocycles. The van der Waals surface area contributed by atoms with Crippen molar-refractivity contribution in [3.63, 3.8) is 0 Å². The molecule has 284 valence electrons. The number of piperidine rings is 1. The second kappa shape index (κ2) is 18.4. The van der Waals surface area contributed by atoms with Crippen molar-refractivity contribution < 1.29 is 37.1 Å². The summed E-state index contributed by atoms with van der Waals surface area (Å²) in [5.74, 6) is 5.25. The van der Waals surface area contributed by atoms with Crippen molar-refractivity contribution in [3.05, 3.63) is 35.9 Å². The highest BCUT2D eigenvalue weighted by Crippen LogP contribution is 2.28. The Bertz CT molecular complexity index is 1480. The van der Waals surface area contributed by atoms with Crippen LogP contribution in [0.3, 0.4) is 0 Å². The third-order valence-corrected chi connectivity index (χ3v) is 10.7. The largest absolute Gasteiger partial charge is 0.508 e. The zero-order valence-electron chi connectivity index (χ0n) is 30.4. The first kappa shape index (κ1) is 40.4. The van der Waals surface area contributed by atoms with Crippen molar-refractivity contribution in [2.24, 2.45) is 22.2 Å². The average Bonchev–Trinajstić information content (AvgIpc) is 3.56. The normalized spacial score (nSPS) is 23.5. The molecule has 5 atom stereocenters. The molecule has 0 radical (unpaired) electrons. The van der Waals surface area contributed by atoms with Gasteiger partial charge in [-0.3, -0.25) is 20.2 Å². The number of hydrogen-bond donors (Lipinski definition) is 3. The minimum atomic E-state index is -3.69. The molecule has 3 unspecified atom stereocenters. The molecule has 15 heteroatoms. The second-order valence-electron chi connectivity index (χ2n) is 15.0. The van der Waals surface area contributed by atoms with E-state index in [1.165, 1.54) is 4.90 Å². The molecule has 1 aliphatic carbocycles. The standard InChI is InChI=1S/C36H56N6O8S/c1-25(49-35(46)50-29-14-9-6-10-15-29)22-36(2,3)34(45)39-24-28-20-27(17-19-42(28)37)23-38-32(43)31-16-11-18-41(31)33(44)30(40-51(4,47)48)21-26-12-7-5-8-13-26/h5,7-8,12-13,24-25,27-31,40H,6,9-11,14-23,37H2,1-4H3,(H,38,43)/t25?,27?,28?,30-,31+/m1/s1. The number of nitrogens with zero attached hydrogens (tertiary/aromatic N) is 3. The molecule has 1 saturated carbocycles. The number of sulfonamides is 1. The minimum Gasteiger partial charge on any atom is -0.431 e. The molecule has 3 fully saturated rings. The van der Waals surface area contributed by atoms with Gasteiger partial charge in [0.05, 0.1) is 12.3 Å². The van der Waals surface area contributed by atoms with Crippen molar-refractivity contribution in [1.82, 2.24) is 19.9 Å². The Labute approximate surface area is 302 Å². The Hall–Kier alpha value is -3.40. The molecule has 0 spiro atoms. The zero-order valence-corrected chi connectivity index (χ0v) is 31.2. The van der Waals surface area contributed by atoms with Gasteiger partial charge in [-0.25, -0.2) is 27.9 Å². The number of amides is 3. The van der Waals surface area contributed by atoms with Gasteiger partial charge in [0.15, 0.2) is 0 Å². The maximum absolute atomic E-state index is 13.6. The van der Waals surface area contributed by atoms with Gasteiger partial charge in [0, 0.05) is 31.3 Å². The van der Waals surface area contributed by atoms with Gasteiger partial charge in [-0.2, -0.15) is 0 Å². The Kier molecular flexibility index (Phi) is 14.6. The highest BCUT2D eigenvalue weighted by molar-refractivity contribution is 7.88. The Morgan fingerprint density at radius 2 is 1.75 bits per heavy atom. The topological polar surface area (TPSA) is 190 Å². The molecule has 3 aliphatic rings. The summed E-state index contributed by atoms with van der Waals surface area (Å²) in [5, 5.41) is 4.64. The Balaban J connectivity index is 1.27. The monoisotopic (exact) mass is 732 g/mol. The number of carbonyl (C=O) groups is 4. The number of aliphatic imine (C=N–C) groups is 1. The van der Waals surface area contributed by atoms with Gasteiger partial charge >= 0.3 is 6.16 Å². The number of carbonyl (C=O) groups excluding carboxylic acids is 4. The van der Waals surface area contributed by atoms with E-state index in [4.69, 9.17) is 15.3 Å². The summed E-state index contributed by atoms with van der Waals surface area (Å²) < 4.78 is 37.6. The molecule has 51 heavy (non-hydrogen) atoms. The Morgan fingerprint density at radius 1 is 1.04 bits per heavy atom. The highest BCUT2D eigenvalue weighted by atomic mass is 32.2. The van der Waals surface area contributed by atoms with Crippen LogP contribution in [0.4, 0.5) is 4.79 Å². The van der Waals surface area contributed by atoms with Gasteiger partial charge in [0.2, 0.25) is 21.8 Å². The van der Waals surface area contributed by atoms with Gasteiger partial charge in [-0.05, 0) is 82.6 Å². The van der Waals surface area contributed by atoms with Crippen LogP contribution < -0.4 is 15.9 Å². The fraction of sp³-hybridized carbons (Fsp3) is 0.694. The molecular formula is C36H56N6O8S. The van der Waals surface area contributed by atoms with E-state index in [1.807, 2.05) is 30.3 Å². The predicted octanol–water partition coefficient (Wildman–Crippen LogP) is 3.10. The number of likely N-dealkylation sites (tertiary alicyclic amines) is 1. The maximum atomic E-state index is 13.6. The first-order valence-electron chi connectivity index (χ1n) is 18.2. The van der Waals surface area contributed by atoms with E-state index < -0.39 is 45.7 Å². The van der Waals surface area contributed by atoms with Gasteiger partial charge in [-0.15, -0.1) is 0 Å². The van der Waals surface area contributed by atoms with E-state index >= 15 is 0 Å². The van der Waals surface area contributed by atoms with E-state index in [0.717, 1.165) is 50.3 Å². The van der Waals surface area contributed by atoms with Crippen molar-refractivity contribution in [2.45, 2.75) is 122 Å². The molecule has 4 N–H and O–H groups in total. The fourth-order valence-electron chi connectivity index (χ4n) is 7.26. The van der Waals surface area contributed by atoms with Crippen LogP contribution >= 0.6 is 0 Å². The number of nitrogens with one attached hydrogen (secondary N) is 2. The summed E-state index contributed by atoms with van der Waals surface area (Å²) in [6.07, 6.45) is 8.96. The van der Waals surface area contributed by atoms with Gasteiger partial charge < -0.3 is 19.7 Å². The smallest absolute Gasteiger partial charge is 0.431 e. The van der Waals surface area contributed by atoms with E-state index in [0.29, 0.717) is 38.9 Å². The van der Waals surface area contributed by atoms with E-state index in [9.17, 15) is 27.6 Å². The number of benzene rings is 1. The maximum Gasteiger partial charge on any atom is 0.508 e. The summed E-state index contributed by atoms with van der Waals surface area (Å²) in [6.45, 7) is 6.51. The lowest BCUT2D eigenvalue weighted by Crippen LogP contribution is -2.55. The van der Waals surface area contributed by atoms with Crippen molar-refractivity contribution >= 4 is 40.1 Å². The van der Waals surface area contributed by atoms with Crippen LogP contribution in [0.15, 0.2) is 35.3 Å². The van der Waals surface area contributed by atoms with Crippen LogP contribution in [0, 0.1) is 11.3 Å². The molecule has 2 saturated heterocycles. The molecule has 2 aliphatic heterocycles. The molecule has 4 rings (SSSR count). The predicted molar refractivity (Wildman–Crippen MR) is 193 cm³/mol. The van der Waals surface area contributed by atoms with Crippen LogP contribution in [0.1, 0.15) is 90.5 Å². The molecular weight excluding hydrogens is 676 g/mol. The molecule has 0 aromatic heterocycles. The van der Waals surface area contributed by atoms with E-state index in [-0.39, 0.29) is 42.7 Å². The number of hydrogen-bond acceptors (Lipinski definition) is 10. The highest BCUT2D eigenvalue weighted by Gasteiger charge is 2.39. The summed E-state index contributed by atoms with van der Waals surface area (Å²) in [6, 6.07) is 7.08. The summed E-state index contributed by atoms with van der Waals surface area (Å²) in [7, 11) is -3.69. The van der Waals surface area contributed by atoms with Gasteiger partial charge in [0.1, 0.15) is 24.3 Å². The van der Waals surface area contributed by atoms with E-state index in [2.05, 4.69) is 15.0 Å². The number of nitrogens with two attached hydrogens (primary N) is 1. The van der Waals surface area contributed by atoms with Crippen LogP contribution in [-0.2, 0) is 40.3 Å². The van der Waals surface area contributed by atoms with Crippen molar-refractivity contribution in [2.75, 3.05) is 25.9 Å². The fourth-order valence-corrected chi connectivity index (χ4v) is 7.97. The lowest BCUT2D eigenvalue weighted by molar-refractivity contribution is -0.139. The SMILES string of the molecule is CC(CC(C)(C)C(=O)N=CC1CC(CNC(=O)[C@@H]2CCCN2C(=O)[C@@H](Cc2ccccc2)NS(C)(=O)=O)CCN1N)OC(=O)OC1CCCCC1. The summed E-state index contributed by atoms with van der Waals surface area (Å²) >= 11 is 0. The number of rotatable bonds is 14. The van der Waals surface area contributed by atoms with Crippen LogP contribution in [0.25, 0.3) is 0 Å². The third kappa shape index (κ3) is 12.7. The molecule has 14 nitrogen and oxygen atoms in total. The number of ether oxygens (including phenoxy) is 2. The zero-order chi connectivity index (χ0) is 37.2. The Morgan fingerprint density at radius 3 is 2.43 bits per heavy atom. The second-order valence-corrected chi connectivity index (χ2v) is 16.8. The molecule has 0 bridgehead atoms. The van der Waals surface area contributed by atoms with Crippen molar-refractivity contribution in [1.29, 1.82) is 0 Å². The molecule has 3 amide bonds. The first-order valence-corrected chi connectivity index (χ1v) is 20.1. The minimum absolute atomic E-state index is 0.0557. The lowest BCUT2D eigenvalue weighted by Gasteiger charge is -2.35. The van der Waals surface area contributed by atoms with Gasteiger partial charge in [-0.1, -0.05) is 50.6 Å². The molecule has 2 heterocycles. The van der Waals surface area contributed by atoms with Gasteiger partial charge in [0.25, 0.3) is 5.91 Å². The van der Waals surface area contributed by atoms with Crippen LogP contribution in [0.5, 0.6) is 0 Å². The molecule has 1 aromatic rings. The van der Waals surface area contributed by atoms with E-state index in [1.54, 1.807) is 32.0 Å². The first-order chi connectivity index (χ1) is 24.1. The summed E-state index contributed by atoms with van der Waals surface area (Å²) in [4.78, 5) is 58.2. The lowest BCUT2D eigenvalue weighted by atomic mass is 9.86. The summed E-state index contributed by atoms with van der Waals surface area (Å²) in [5.41, 5.74) is -0.0960. The van der Waals surface area contributed by atoms with Crippen LogP contribution in [-0.4, -0.2) is 105 Å². The number of hydrazine groups is 1. The average molecular weight is 733 g/mol.